The fourth-order valence-corrected chi connectivity index (χ4v) is 4.15. The highest BCUT2D eigenvalue weighted by molar-refractivity contribution is 5.94. The third-order valence-corrected chi connectivity index (χ3v) is 6.11. The number of hydrogen-bond acceptors (Lipinski definition) is 4. The predicted octanol–water partition coefficient (Wildman–Crippen LogP) is 0.286. The predicted molar refractivity (Wildman–Crippen MR) is 109 cm³/mol. The molecule has 1 aromatic carbocycles. The van der Waals surface area contributed by atoms with Crippen LogP contribution < -0.4 is 14.9 Å². The van der Waals surface area contributed by atoms with Gasteiger partial charge in [-0.3, -0.25) is 4.79 Å². The standard InChI is InChI=1S/C22H35N3O3/c1-5-24(6-2)13-11-19-16-25(14-12-18(19)15-21(26)27)22(28)17-7-9-20(10-8-17)23(3)4/h7-10,18-19H,5-6,11-16H2,1-4H3,(H,26,27)/t18-,19-/m0/s1. The van der Waals surface area contributed by atoms with Crippen molar-refractivity contribution in [3.05, 3.63) is 29.8 Å². The van der Waals surface area contributed by atoms with Gasteiger partial charge in [0, 0.05) is 50.8 Å². The summed E-state index contributed by atoms with van der Waals surface area (Å²) in [5.41, 5.74) is 1.75. The Kier molecular flexibility index (Phi) is 8.30. The monoisotopic (exact) mass is 389 g/mol. The van der Waals surface area contributed by atoms with Gasteiger partial charge in [-0.05, 0) is 62.8 Å². The van der Waals surface area contributed by atoms with Gasteiger partial charge in [-0.2, -0.15) is 0 Å². The Morgan fingerprint density at radius 3 is 2.32 bits per heavy atom. The number of quaternary nitrogens is 1. The third kappa shape index (κ3) is 5.96. The van der Waals surface area contributed by atoms with Crippen molar-refractivity contribution in [2.24, 2.45) is 11.8 Å². The van der Waals surface area contributed by atoms with E-state index in [4.69, 9.17) is 0 Å². The van der Waals surface area contributed by atoms with E-state index in [2.05, 4.69) is 13.8 Å². The molecule has 2 rings (SSSR count). The first-order valence-corrected chi connectivity index (χ1v) is 10.5. The van der Waals surface area contributed by atoms with E-state index in [0.29, 0.717) is 18.7 Å². The summed E-state index contributed by atoms with van der Waals surface area (Å²) in [7, 11) is 3.95. The number of carbonyl (C=O) groups excluding carboxylic acids is 2. The van der Waals surface area contributed by atoms with E-state index < -0.39 is 5.97 Å². The van der Waals surface area contributed by atoms with Crippen LogP contribution in [0, 0.1) is 11.8 Å². The molecule has 0 aliphatic carbocycles. The molecule has 1 aliphatic heterocycles. The lowest BCUT2D eigenvalue weighted by atomic mass is 9.81. The van der Waals surface area contributed by atoms with Gasteiger partial charge in [0.25, 0.3) is 5.91 Å². The number of aliphatic carboxylic acids is 1. The van der Waals surface area contributed by atoms with Crippen LogP contribution in [0.15, 0.2) is 24.3 Å². The number of hydrogen-bond donors (Lipinski definition) is 1. The number of carboxylic acids is 1. The van der Waals surface area contributed by atoms with Crippen molar-refractivity contribution in [3.8, 4) is 0 Å². The number of rotatable bonds is 9. The number of piperidine rings is 1. The first-order valence-electron chi connectivity index (χ1n) is 10.5. The fourth-order valence-electron chi connectivity index (χ4n) is 4.15. The third-order valence-electron chi connectivity index (χ3n) is 6.11. The summed E-state index contributed by atoms with van der Waals surface area (Å²) in [6, 6.07) is 7.66. The molecule has 6 nitrogen and oxygen atoms in total. The maximum Gasteiger partial charge on any atom is 0.253 e. The van der Waals surface area contributed by atoms with Crippen LogP contribution in [0.2, 0.25) is 0 Å². The number of carbonyl (C=O) groups is 2. The van der Waals surface area contributed by atoms with Crippen LogP contribution in [0.5, 0.6) is 0 Å². The average Bonchev–Trinajstić information content (AvgIpc) is 2.69. The molecule has 1 aromatic rings. The number of carboxylic acid groups (broad SMARTS) is 1. The maximum atomic E-state index is 13.0. The van der Waals surface area contributed by atoms with Gasteiger partial charge >= 0.3 is 0 Å². The van der Waals surface area contributed by atoms with Crippen LogP contribution in [-0.2, 0) is 4.79 Å². The summed E-state index contributed by atoms with van der Waals surface area (Å²) in [5, 5.41) is 11.2. The van der Waals surface area contributed by atoms with E-state index in [1.807, 2.05) is 48.2 Å². The fraction of sp³-hybridized carbons (Fsp3) is 0.636. The Hall–Kier alpha value is -2.08. The minimum atomic E-state index is -0.982. The second kappa shape index (κ2) is 10.5. The summed E-state index contributed by atoms with van der Waals surface area (Å²) >= 11 is 0. The van der Waals surface area contributed by atoms with Gasteiger partial charge in [-0.15, -0.1) is 0 Å². The first-order chi connectivity index (χ1) is 13.3. The Bertz CT molecular complexity index is 641. The van der Waals surface area contributed by atoms with Crippen LogP contribution in [0.3, 0.4) is 0 Å². The molecule has 1 heterocycles. The molecule has 1 amide bonds. The van der Waals surface area contributed by atoms with E-state index >= 15 is 0 Å². The number of benzene rings is 1. The van der Waals surface area contributed by atoms with Crippen LogP contribution >= 0.6 is 0 Å². The van der Waals surface area contributed by atoms with Crippen molar-refractivity contribution < 1.29 is 19.6 Å². The minimum absolute atomic E-state index is 0.0393. The summed E-state index contributed by atoms with van der Waals surface area (Å²) in [6.07, 6.45) is 1.77. The average molecular weight is 390 g/mol. The molecule has 0 radical (unpaired) electrons. The van der Waals surface area contributed by atoms with Gasteiger partial charge in [-0.1, -0.05) is 0 Å². The van der Waals surface area contributed by atoms with Gasteiger partial charge in [0.2, 0.25) is 0 Å². The van der Waals surface area contributed by atoms with E-state index in [1.54, 1.807) is 0 Å². The molecular formula is C22H35N3O3. The number of nitrogens with one attached hydrogen (secondary N) is 1. The summed E-state index contributed by atoms with van der Waals surface area (Å²) in [5.74, 6) is -0.633. The number of amides is 1. The first kappa shape index (κ1) is 22.2. The zero-order valence-electron chi connectivity index (χ0n) is 17.7. The molecule has 0 aromatic heterocycles. The molecule has 28 heavy (non-hydrogen) atoms. The van der Waals surface area contributed by atoms with Crippen molar-refractivity contribution in [1.29, 1.82) is 0 Å². The smallest absolute Gasteiger partial charge is 0.253 e. The van der Waals surface area contributed by atoms with Gasteiger partial charge in [0.1, 0.15) is 0 Å². The lowest BCUT2D eigenvalue weighted by molar-refractivity contribution is -0.897. The van der Waals surface area contributed by atoms with E-state index in [1.165, 1.54) is 4.90 Å². The van der Waals surface area contributed by atoms with E-state index in [-0.39, 0.29) is 24.2 Å². The van der Waals surface area contributed by atoms with E-state index in [9.17, 15) is 14.7 Å². The molecule has 0 saturated carbocycles. The van der Waals surface area contributed by atoms with Crippen LogP contribution in [-0.4, -0.2) is 63.6 Å². The second-order valence-corrected chi connectivity index (χ2v) is 8.07. The molecule has 1 saturated heterocycles. The molecule has 0 spiro atoms. The van der Waals surface area contributed by atoms with Crippen molar-refractivity contribution >= 4 is 17.6 Å². The maximum absolute atomic E-state index is 13.0. The summed E-state index contributed by atoms with van der Waals surface area (Å²) < 4.78 is 0. The van der Waals surface area contributed by atoms with Gasteiger partial charge in [0.05, 0.1) is 19.6 Å². The Balaban J connectivity index is 2.07. The van der Waals surface area contributed by atoms with Crippen molar-refractivity contribution in [3.63, 3.8) is 0 Å². The number of anilines is 1. The van der Waals surface area contributed by atoms with Gasteiger partial charge in [0.15, 0.2) is 0 Å². The molecule has 2 atom stereocenters. The molecule has 1 N–H and O–H groups in total. The van der Waals surface area contributed by atoms with Gasteiger partial charge in [-0.25, -0.2) is 0 Å². The molecule has 156 valence electrons. The molecule has 0 bridgehead atoms. The Morgan fingerprint density at radius 2 is 1.79 bits per heavy atom. The molecular weight excluding hydrogens is 354 g/mol. The SMILES string of the molecule is CC[NH+](CC)CC[C@H]1CN(C(=O)c2ccc(N(C)C)cc2)CC[C@H]1CC(=O)[O-]. The normalized spacial score (nSPS) is 19.7. The summed E-state index contributed by atoms with van der Waals surface area (Å²) in [4.78, 5) is 29.6. The highest BCUT2D eigenvalue weighted by Gasteiger charge is 2.32. The topological polar surface area (TPSA) is 68.1 Å². The minimum Gasteiger partial charge on any atom is -0.550 e. The molecule has 1 aliphatic rings. The van der Waals surface area contributed by atoms with Gasteiger partial charge < -0.3 is 24.6 Å². The second-order valence-electron chi connectivity index (χ2n) is 8.07. The highest BCUT2D eigenvalue weighted by atomic mass is 16.4. The Labute approximate surface area is 169 Å². The number of likely N-dealkylation sites (tertiary alicyclic amines) is 1. The lowest BCUT2D eigenvalue weighted by Gasteiger charge is -2.39. The zero-order chi connectivity index (χ0) is 20.7. The van der Waals surface area contributed by atoms with Crippen LogP contribution in [0.4, 0.5) is 5.69 Å². The highest BCUT2D eigenvalue weighted by Crippen LogP contribution is 2.29. The lowest BCUT2D eigenvalue weighted by Crippen LogP contribution is -3.11. The van der Waals surface area contributed by atoms with Crippen LogP contribution in [0.1, 0.15) is 43.5 Å². The van der Waals surface area contributed by atoms with Crippen molar-refractivity contribution in [2.75, 3.05) is 51.7 Å². The van der Waals surface area contributed by atoms with Crippen LogP contribution in [0.25, 0.3) is 0 Å². The summed E-state index contributed by atoms with van der Waals surface area (Å²) in [6.45, 7) is 8.73. The van der Waals surface area contributed by atoms with E-state index in [0.717, 1.165) is 38.2 Å². The largest absolute Gasteiger partial charge is 0.550 e. The van der Waals surface area contributed by atoms with Crippen molar-refractivity contribution in [1.82, 2.24) is 4.90 Å². The molecule has 0 unspecified atom stereocenters. The quantitative estimate of drug-likeness (QED) is 0.659. The molecule has 6 heteroatoms. The zero-order valence-corrected chi connectivity index (χ0v) is 17.7. The number of nitrogens with zero attached hydrogens (tertiary/aromatic N) is 2. The Morgan fingerprint density at radius 1 is 1.14 bits per heavy atom. The molecule has 1 fully saturated rings. The van der Waals surface area contributed by atoms with Crippen molar-refractivity contribution in [2.45, 2.75) is 33.1 Å².